The summed E-state index contributed by atoms with van der Waals surface area (Å²) in [6.07, 6.45) is 11.0. The van der Waals surface area contributed by atoms with Gasteiger partial charge >= 0.3 is 0 Å². The van der Waals surface area contributed by atoms with Crippen molar-refractivity contribution in [2.24, 2.45) is 0 Å². The predicted octanol–water partition coefficient (Wildman–Crippen LogP) is 3.69. The number of rotatable bonds is 4. The third kappa shape index (κ3) is 4.10. The average molecular weight is 169 g/mol. The first-order valence-corrected chi connectivity index (χ1v) is 5.40. The molecule has 1 aliphatic rings. The lowest BCUT2D eigenvalue weighted by molar-refractivity contribution is 0.0876. The molecule has 0 saturated heterocycles. The van der Waals surface area contributed by atoms with E-state index in [0.717, 1.165) is 6.42 Å². The fourth-order valence-corrected chi connectivity index (χ4v) is 1.70. The molecule has 0 bridgehead atoms. The highest BCUT2D eigenvalue weighted by Gasteiger charge is 2.11. The smallest absolute Gasteiger partial charge is 0.0840 e. The van der Waals surface area contributed by atoms with Crippen LogP contribution in [-0.4, -0.2) is 6.10 Å². The second kappa shape index (κ2) is 6.47. The predicted molar refractivity (Wildman–Crippen MR) is 51.8 cm³/mol. The summed E-state index contributed by atoms with van der Waals surface area (Å²) >= 11 is 0. The third-order valence-corrected chi connectivity index (χ3v) is 2.50. The summed E-state index contributed by atoms with van der Waals surface area (Å²) < 4.78 is 5.68. The molecule has 1 radical (unpaired) electrons. The molecule has 0 aromatic heterocycles. The van der Waals surface area contributed by atoms with Crippen molar-refractivity contribution in [3.05, 3.63) is 6.61 Å². The number of unbranched alkanes of at least 4 members (excludes halogenated alkanes) is 1. The van der Waals surface area contributed by atoms with Crippen LogP contribution in [0.3, 0.4) is 0 Å². The van der Waals surface area contributed by atoms with E-state index in [0.29, 0.717) is 6.10 Å². The van der Waals surface area contributed by atoms with Crippen molar-refractivity contribution in [1.82, 2.24) is 0 Å². The SMILES string of the molecule is CCC[CH]OC1CCCCCC1. The van der Waals surface area contributed by atoms with Crippen molar-refractivity contribution < 1.29 is 4.74 Å². The number of ether oxygens (including phenoxy) is 1. The molecular formula is C11H21O. The summed E-state index contributed by atoms with van der Waals surface area (Å²) in [6, 6.07) is 0. The summed E-state index contributed by atoms with van der Waals surface area (Å²) in [5.74, 6) is 0. The molecule has 0 aromatic rings. The molecule has 1 fully saturated rings. The van der Waals surface area contributed by atoms with E-state index in [9.17, 15) is 0 Å². The maximum absolute atomic E-state index is 5.68. The van der Waals surface area contributed by atoms with Crippen LogP contribution in [0.2, 0.25) is 0 Å². The van der Waals surface area contributed by atoms with Crippen LogP contribution in [0.1, 0.15) is 58.3 Å². The van der Waals surface area contributed by atoms with Gasteiger partial charge in [-0.15, -0.1) is 0 Å². The maximum Gasteiger partial charge on any atom is 0.0840 e. The fraction of sp³-hybridized carbons (Fsp3) is 0.909. The minimum absolute atomic E-state index is 0.541. The van der Waals surface area contributed by atoms with E-state index in [1.807, 2.05) is 6.61 Å². The Morgan fingerprint density at radius 2 is 1.83 bits per heavy atom. The molecule has 0 spiro atoms. The maximum atomic E-state index is 5.68. The van der Waals surface area contributed by atoms with Gasteiger partial charge in [0.1, 0.15) is 0 Å². The molecule has 1 heteroatoms. The van der Waals surface area contributed by atoms with E-state index < -0.39 is 0 Å². The zero-order valence-electron chi connectivity index (χ0n) is 8.22. The molecule has 0 amide bonds. The van der Waals surface area contributed by atoms with Crippen LogP contribution in [0.5, 0.6) is 0 Å². The van der Waals surface area contributed by atoms with Crippen molar-refractivity contribution in [2.45, 2.75) is 64.4 Å². The van der Waals surface area contributed by atoms with Gasteiger partial charge in [-0.1, -0.05) is 39.0 Å². The first kappa shape index (κ1) is 10.0. The molecule has 0 atom stereocenters. The summed E-state index contributed by atoms with van der Waals surface area (Å²) in [7, 11) is 0. The summed E-state index contributed by atoms with van der Waals surface area (Å²) in [5.41, 5.74) is 0. The lowest BCUT2D eigenvalue weighted by Crippen LogP contribution is -2.09. The zero-order valence-corrected chi connectivity index (χ0v) is 8.22. The molecule has 12 heavy (non-hydrogen) atoms. The van der Waals surface area contributed by atoms with Crippen LogP contribution >= 0.6 is 0 Å². The Morgan fingerprint density at radius 1 is 1.17 bits per heavy atom. The van der Waals surface area contributed by atoms with Crippen LogP contribution in [0.15, 0.2) is 0 Å². The van der Waals surface area contributed by atoms with Gasteiger partial charge in [0, 0.05) is 0 Å². The molecule has 1 rings (SSSR count). The molecule has 1 saturated carbocycles. The Kier molecular flexibility index (Phi) is 5.42. The van der Waals surface area contributed by atoms with Gasteiger partial charge in [-0.05, 0) is 19.3 Å². The molecule has 0 N–H and O–H groups in total. The topological polar surface area (TPSA) is 9.23 Å². The lowest BCUT2D eigenvalue weighted by atomic mass is 10.1. The molecule has 1 aliphatic carbocycles. The molecule has 0 aromatic carbocycles. The van der Waals surface area contributed by atoms with Crippen molar-refractivity contribution in [2.75, 3.05) is 0 Å². The minimum atomic E-state index is 0.541. The van der Waals surface area contributed by atoms with Gasteiger partial charge < -0.3 is 4.74 Å². The second-order valence-corrected chi connectivity index (χ2v) is 3.70. The quantitative estimate of drug-likeness (QED) is 0.460. The zero-order chi connectivity index (χ0) is 8.65. The van der Waals surface area contributed by atoms with Crippen LogP contribution in [0.25, 0.3) is 0 Å². The van der Waals surface area contributed by atoms with Crippen LogP contribution in [0, 0.1) is 6.61 Å². The van der Waals surface area contributed by atoms with E-state index in [1.165, 1.54) is 44.9 Å². The highest BCUT2D eigenvalue weighted by molar-refractivity contribution is 4.66. The summed E-state index contributed by atoms with van der Waals surface area (Å²) in [4.78, 5) is 0. The van der Waals surface area contributed by atoms with E-state index in [2.05, 4.69) is 6.92 Å². The monoisotopic (exact) mass is 169 g/mol. The van der Waals surface area contributed by atoms with Crippen molar-refractivity contribution >= 4 is 0 Å². The summed E-state index contributed by atoms with van der Waals surface area (Å²) in [6.45, 7) is 4.20. The highest BCUT2D eigenvalue weighted by atomic mass is 16.5. The van der Waals surface area contributed by atoms with Gasteiger partial charge in [-0.3, -0.25) is 0 Å². The van der Waals surface area contributed by atoms with Crippen LogP contribution < -0.4 is 0 Å². The molecular weight excluding hydrogens is 148 g/mol. The van der Waals surface area contributed by atoms with E-state index in [4.69, 9.17) is 4.74 Å². The van der Waals surface area contributed by atoms with Gasteiger partial charge in [0.05, 0.1) is 12.7 Å². The van der Waals surface area contributed by atoms with Gasteiger partial charge in [0.2, 0.25) is 0 Å². The first-order chi connectivity index (χ1) is 5.93. The Labute approximate surface area is 76.5 Å². The molecule has 0 unspecified atom stereocenters. The van der Waals surface area contributed by atoms with Crippen LogP contribution in [-0.2, 0) is 4.74 Å². The number of hydrogen-bond acceptors (Lipinski definition) is 1. The first-order valence-electron chi connectivity index (χ1n) is 5.40. The highest BCUT2D eigenvalue weighted by Crippen LogP contribution is 2.20. The largest absolute Gasteiger partial charge is 0.372 e. The standard InChI is InChI=1S/C11H21O/c1-2-3-10-12-11-8-6-4-5-7-9-11/h10-11H,2-9H2,1H3. The van der Waals surface area contributed by atoms with Crippen molar-refractivity contribution in [3.8, 4) is 0 Å². The van der Waals surface area contributed by atoms with Gasteiger partial charge in [0.15, 0.2) is 0 Å². The third-order valence-electron chi connectivity index (χ3n) is 2.50. The van der Waals surface area contributed by atoms with E-state index in [-0.39, 0.29) is 0 Å². The number of hydrogen-bond donors (Lipinski definition) is 0. The fourth-order valence-electron chi connectivity index (χ4n) is 1.70. The lowest BCUT2D eigenvalue weighted by Gasteiger charge is -2.13. The van der Waals surface area contributed by atoms with Gasteiger partial charge in [-0.25, -0.2) is 0 Å². The molecule has 0 aliphatic heterocycles. The van der Waals surface area contributed by atoms with E-state index in [1.54, 1.807) is 0 Å². The Balaban J connectivity index is 2.04. The molecule has 71 valence electrons. The van der Waals surface area contributed by atoms with Crippen molar-refractivity contribution in [3.63, 3.8) is 0 Å². The molecule has 1 nitrogen and oxygen atoms in total. The second-order valence-electron chi connectivity index (χ2n) is 3.70. The van der Waals surface area contributed by atoms with Gasteiger partial charge in [0.25, 0.3) is 0 Å². The Hall–Kier alpha value is -0.0400. The van der Waals surface area contributed by atoms with Crippen LogP contribution in [0.4, 0.5) is 0 Å². The normalized spacial score (nSPS) is 20.8. The molecule has 0 heterocycles. The minimum Gasteiger partial charge on any atom is -0.372 e. The average Bonchev–Trinajstić information content (AvgIpc) is 2.33. The van der Waals surface area contributed by atoms with Gasteiger partial charge in [-0.2, -0.15) is 0 Å². The van der Waals surface area contributed by atoms with E-state index >= 15 is 0 Å². The Morgan fingerprint density at radius 3 is 2.42 bits per heavy atom. The van der Waals surface area contributed by atoms with Crippen molar-refractivity contribution in [1.29, 1.82) is 0 Å². The Bertz CT molecular complexity index is 93.2. The summed E-state index contributed by atoms with van der Waals surface area (Å²) in [5, 5.41) is 0.